The van der Waals surface area contributed by atoms with Crippen molar-refractivity contribution in [1.29, 1.82) is 0 Å². The van der Waals surface area contributed by atoms with Crippen LogP contribution in [0.3, 0.4) is 0 Å². The number of nitrogens with one attached hydrogen (secondary N) is 1. The molecular weight excluding hydrogens is 232 g/mol. The normalized spacial score (nSPS) is 27.1. The van der Waals surface area contributed by atoms with Gasteiger partial charge in [-0.3, -0.25) is 4.90 Å². The Kier molecular flexibility index (Phi) is 3.90. The molecule has 19 heavy (non-hydrogen) atoms. The molecule has 3 rings (SSSR count). The molecule has 2 nitrogen and oxygen atoms in total. The standard InChI is InChI=1S/C17H26N2/c1-13(2)18-11-15-7-8-17(15)19-10-9-14-5-3-4-6-16(14)12-19/h3-6,13,15,17-18H,7-12H2,1-2H3. The minimum absolute atomic E-state index is 0.614. The highest BCUT2D eigenvalue weighted by Crippen LogP contribution is 2.34. The van der Waals surface area contributed by atoms with Gasteiger partial charge in [0, 0.05) is 25.2 Å². The van der Waals surface area contributed by atoms with Gasteiger partial charge in [0.2, 0.25) is 0 Å². The lowest BCUT2D eigenvalue weighted by molar-refractivity contribution is 0.0502. The Hall–Kier alpha value is -0.860. The summed E-state index contributed by atoms with van der Waals surface area (Å²) in [6, 6.07) is 10.4. The van der Waals surface area contributed by atoms with Crippen molar-refractivity contribution in [2.24, 2.45) is 5.92 Å². The first-order chi connectivity index (χ1) is 9.24. The minimum Gasteiger partial charge on any atom is -0.314 e. The van der Waals surface area contributed by atoms with Crippen LogP contribution in [0.25, 0.3) is 0 Å². The van der Waals surface area contributed by atoms with E-state index in [0.717, 1.165) is 12.0 Å². The Morgan fingerprint density at radius 2 is 2.00 bits per heavy atom. The Morgan fingerprint density at radius 1 is 1.21 bits per heavy atom. The molecule has 1 aromatic rings. The second kappa shape index (κ2) is 5.64. The van der Waals surface area contributed by atoms with E-state index in [1.54, 1.807) is 11.1 Å². The van der Waals surface area contributed by atoms with Crippen molar-refractivity contribution in [2.75, 3.05) is 13.1 Å². The average Bonchev–Trinajstić information content (AvgIpc) is 2.37. The molecular formula is C17H26N2. The summed E-state index contributed by atoms with van der Waals surface area (Å²) in [6.07, 6.45) is 4.03. The summed E-state index contributed by atoms with van der Waals surface area (Å²) < 4.78 is 0. The van der Waals surface area contributed by atoms with Crippen LogP contribution in [0.1, 0.15) is 37.8 Å². The van der Waals surface area contributed by atoms with Crippen LogP contribution < -0.4 is 5.32 Å². The topological polar surface area (TPSA) is 15.3 Å². The summed E-state index contributed by atoms with van der Waals surface area (Å²) in [7, 11) is 0. The molecule has 1 aliphatic carbocycles. The van der Waals surface area contributed by atoms with Gasteiger partial charge in [-0.15, -0.1) is 0 Å². The molecule has 1 aliphatic heterocycles. The molecule has 0 radical (unpaired) electrons. The minimum atomic E-state index is 0.614. The SMILES string of the molecule is CC(C)NCC1CCC1N1CCc2ccccc2C1. The van der Waals surface area contributed by atoms with Crippen molar-refractivity contribution >= 4 is 0 Å². The van der Waals surface area contributed by atoms with Gasteiger partial charge in [0.25, 0.3) is 0 Å². The van der Waals surface area contributed by atoms with Gasteiger partial charge in [-0.05, 0) is 42.9 Å². The predicted molar refractivity (Wildman–Crippen MR) is 80.2 cm³/mol. The van der Waals surface area contributed by atoms with E-state index in [2.05, 4.69) is 48.3 Å². The molecule has 1 aromatic carbocycles. The summed E-state index contributed by atoms with van der Waals surface area (Å²) >= 11 is 0. The molecule has 0 aromatic heterocycles. The van der Waals surface area contributed by atoms with Gasteiger partial charge >= 0.3 is 0 Å². The highest BCUT2D eigenvalue weighted by atomic mass is 15.2. The number of fused-ring (bicyclic) bond motifs is 1. The van der Waals surface area contributed by atoms with Gasteiger partial charge in [-0.1, -0.05) is 38.1 Å². The summed E-state index contributed by atoms with van der Waals surface area (Å²) in [5.41, 5.74) is 3.12. The molecule has 1 fully saturated rings. The maximum absolute atomic E-state index is 3.61. The smallest absolute Gasteiger partial charge is 0.0239 e. The van der Waals surface area contributed by atoms with Crippen molar-refractivity contribution in [3.63, 3.8) is 0 Å². The number of hydrogen-bond donors (Lipinski definition) is 1. The Labute approximate surface area is 117 Å². The fourth-order valence-electron chi connectivity index (χ4n) is 3.46. The van der Waals surface area contributed by atoms with Gasteiger partial charge < -0.3 is 5.32 Å². The molecule has 2 atom stereocenters. The molecule has 104 valence electrons. The van der Waals surface area contributed by atoms with Gasteiger partial charge in [0.1, 0.15) is 0 Å². The summed E-state index contributed by atoms with van der Waals surface area (Å²) in [4.78, 5) is 2.72. The maximum atomic E-state index is 3.61. The zero-order chi connectivity index (χ0) is 13.2. The van der Waals surface area contributed by atoms with Gasteiger partial charge in [-0.25, -0.2) is 0 Å². The molecule has 1 saturated carbocycles. The van der Waals surface area contributed by atoms with Crippen LogP contribution >= 0.6 is 0 Å². The molecule has 0 amide bonds. The van der Waals surface area contributed by atoms with Crippen LogP contribution in [0.2, 0.25) is 0 Å². The fraction of sp³-hybridized carbons (Fsp3) is 0.647. The lowest BCUT2D eigenvalue weighted by atomic mass is 9.77. The summed E-state index contributed by atoms with van der Waals surface area (Å²) in [5.74, 6) is 0.868. The molecule has 0 bridgehead atoms. The molecule has 1 heterocycles. The lowest BCUT2D eigenvalue weighted by Gasteiger charge is -2.46. The van der Waals surface area contributed by atoms with Crippen LogP contribution in [-0.2, 0) is 13.0 Å². The monoisotopic (exact) mass is 258 g/mol. The zero-order valence-electron chi connectivity index (χ0n) is 12.2. The van der Waals surface area contributed by atoms with E-state index in [4.69, 9.17) is 0 Å². The second-order valence-corrected chi connectivity index (χ2v) is 6.46. The van der Waals surface area contributed by atoms with Gasteiger partial charge in [0.15, 0.2) is 0 Å². The third-order valence-electron chi connectivity index (χ3n) is 4.79. The van der Waals surface area contributed by atoms with Crippen LogP contribution in [0.5, 0.6) is 0 Å². The largest absolute Gasteiger partial charge is 0.314 e. The van der Waals surface area contributed by atoms with E-state index in [1.807, 2.05) is 0 Å². The van der Waals surface area contributed by atoms with Gasteiger partial charge in [0.05, 0.1) is 0 Å². The lowest BCUT2D eigenvalue weighted by Crippen LogP contribution is -2.52. The third kappa shape index (κ3) is 2.85. The Morgan fingerprint density at radius 3 is 2.68 bits per heavy atom. The van der Waals surface area contributed by atoms with Crippen LogP contribution in [0.4, 0.5) is 0 Å². The number of benzene rings is 1. The van der Waals surface area contributed by atoms with E-state index in [1.165, 1.54) is 38.9 Å². The zero-order valence-corrected chi connectivity index (χ0v) is 12.2. The predicted octanol–water partition coefficient (Wildman–Crippen LogP) is 2.82. The molecule has 2 unspecified atom stereocenters. The van der Waals surface area contributed by atoms with Crippen molar-refractivity contribution in [3.05, 3.63) is 35.4 Å². The number of nitrogens with zero attached hydrogens (tertiary/aromatic N) is 1. The number of rotatable bonds is 4. The first-order valence-electron chi connectivity index (χ1n) is 7.78. The third-order valence-corrected chi connectivity index (χ3v) is 4.79. The van der Waals surface area contributed by atoms with E-state index in [9.17, 15) is 0 Å². The Balaban J connectivity index is 1.59. The maximum Gasteiger partial charge on any atom is 0.0239 e. The van der Waals surface area contributed by atoms with E-state index >= 15 is 0 Å². The quantitative estimate of drug-likeness (QED) is 0.893. The van der Waals surface area contributed by atoms with E-state index in [0.29, 0.717) is 6.04 Å². The Bertz CT molecular complexity index is 427. The van der Waals surface area contributed by atoms with Crippen LogP contribution in [-0.4, -0.2) is 30.1 Å². The number of hydrogen-bond acceptors (Lipinski definition) is 2. The average molecular weight is 258 g/mol. The highest BCUT2D eigenvalue weighted by molar-refractivity contribution is 5.29. The van der Waals surface area contributed by atoms with Crippen LogP contribution in [0, 0.1) is 5.92 Å². The second-order valence-electron chi connectivity index (χ2n) is 6.46. The van der Waals surface area contributed by atoms with E-state index in [-0.39, 0.29) is 0 Å². The van der Waals surface area contributed by atoms with Crippen LogP contribution in [0.15, 0.2) is 24.3 Å². The summed E-state index contributed by atoms with van der Waals surface area (Å²) in [6.45, 7) is 8.09. The van der Waals surface area contributed by atoms with Crippen molar-refractivity contribution in [2.45, 2.75) is 51.7 Å². The van der Waals surface area contributed by atoms with Crippen molar-refractivity contribution in [3.8, 4) is 0 Å². The highest BCUT2D eigenvalue weighted by Gasteiger charge is 2.36. The first kappa shape index (κ1) is 13.1. The molecule has 1 N–H and O–H groups in total. The summed E-state index contributed by atoms with van der Waals surface area (Å²) in [5, 5.41) is 3.61. The molecule has 2 aliphatic rings. The van der Waals surface area contributed by atoms with Gasteiger partial charge in [-0.2, -0.15) is 0 Å². The van der Waals surface area contributed by atoms with Crippen molar-refractivity contribution < 1.29 is 0 Å². The van der Waals surface area contributed by atoms with Crippen molar-refractivity contribution in [1.82, 2.24) is 10.2 Å². The molecule has 0 saturated heterocycles. The molecule has 0 spiro atoms. The van der Waals surface area contributed by atoms with E-state index < -0.39 is 0 Å². The fourth-order valence-corrected chi connectivity index (χ4v) is 3.46. The molecule has 2 heteroatoms. The first-order valence-corrected chi connectivity index (χ1v) is 7.78.